The molecule has 1 heterocycles. The number of hydrogen-bond acceptors (Lipinski definition) is 3. The summed E-state index contributed by atoms with van der Waals surface area (Å²) in [6.45, 7) is 1.92. The number of pyridine rings is 1. The van der Waals surface area contributed by atoms with Crippen LogP contribution >= 0.6 is 0 Å². The van der Waals surface area contributed by atoms with Crippen LogP contribution < -0.4 is 4.74 Å². The fraction of sp³-hybridized carbons (Fsp3) is 0.300. The first kappa shape index (κ1) is 15.5. The van der Waals surface area contributed by atoms with Crippen LogP contribution in [0.5, 0.6) is 5.75 Å². The van der Waals surface area contributed by atoms with Crippen LogP contribution in [-0.4, -0.2) is 17.9 Å². The van der Waals surface area contributed by atoms with E-state index < -0.39 is 0 Å². The van der Waals surface area contributed by atoms with Gasteiger partial charge < -0.3 is 4.74 Å². The van der Waals surface area contributed by atoms with Gasteiger partial charge in [0.1, 0.15) is 5.75 Å². The van der Waals surface area contributed by atoms with Gasteiger partial charge in [-0.15, -0.1) is 0 Å². The molecule has 118 valence electrons. The molecular formula is C20H21NO2. The monoisotopic (exact) mass is 307 g/mol. The molecule has 0 aliphatic heterocycles. The molecule has 0 saturated carbocycles. The van der Waals surface area contributed by atoms with E-state index in [1.807, 2.05) is 37.3 Å². The number of allylic oxidation sites excluding steroid dienone is 1. The van der Waals surface area contributed by atoms with Crippen molar-refractivity contribution in [3.63, 3.8) is 0 Å². The van der Waals surface area contributed by atoms with Gasteiger partial charge in [-0.3, -0.25) is 9.78 Å². The number of carbonyl (C=O) groups is 1. The Labute approximate surface area is 137 Å². The van der Waals surface area contributed by atoms with E-state index >= 15 is 0 Å². The number of ketones is 1. The predicted molar refractivity (Wildman–Crippen MR) is 92.0 cm³/mol. The van der Waals surface area contributed by atoms with Gasteiger partial charge in [0.25, 0.3) is 0 Å². The number of para-hydroxylation sites is 1. The Morgan fingerprint density at radius 3 is 2.83 bits per heavy atom. The molecule has 1 aliphatic rings. The van der Waals surface area contributed by atoms with Crippen LogP contribution in [0.15, 0.2) is 36.4 Å². The van der Waals surface area contributed by atoms with Crippen LogP contribution in [0.4, 0.5) is 0 Å². The number of nitrogens with zero attached hydrogens (tertiary/aromatic N) is 1. The molecule has 1 aliphatic carbocycles. The Morgan fingerprint density at radius 1 is 1.22 bits per heavy atom. The molecule has 1 aromatic heterocycles. The first-order valence-electron chi connectivity index (χ1n) is 8.04. The lowest BCUT2D eigenvalue weighted by atomic mass is 9.93. The third-order valence-electron chi connectivity index (χ3n) is 4.31. The maximum atomic E-state index is 12.6. The second-order valence-electron chi connectivity index (χ2n) is 5.87. The van der Waals surface area contributed by atoms with Crippen molar-refractivity contribution < 1.29 is 9.53 Å². The van der Waals surface area contributed by atoms with E-state index in [-0.39, 0.29) is 5.78 Å². The third kappa shape index (κ3) is 3.34. The topological polar surface area (TPSA) is 39.2 Å². The first-order chi connectivity index (χ1) is 11.2. The highest BCUT2D eigenvalue weighted by atomic mass is 16.5. The standard InChI is InChI=1S/C20H21NO2/c1-14-17(13-16-8-3-5-9-18(16)21-14)19(22)12-11-15-7-4-6-10-20(15)23-2/h4,6-7,10-13H,3,5,8-9H2,1-2H3/b12-11+. The summed E-state index contributed by atoms with van der Waals surface area (Å²) in [7, 11) is 1.63. The van der Waals surface area contributed by atoms with Crippen molar-refractivity contribution in [3.8, 4) is 5.75 Å². The molecule has 0 radical (unpaired) electrons. The molecule has 0 N–H and O–H groups in total. The van der Waals surface area contributed by atoms with Crippen molar-refractivity contribution >= 4 is 11.9 Å². The predicted octanol–water partition coefficient (Wildman–Crippen LogP) is 4.17. The molecule has 3 nitrogen and oxygen atoms in total. The van der Waals surface area contributed by atoms with Gasteiger partial charge in [-0.05, 0) is 62.5 Å². The van der Waals surface area contributed by atoms with Gasteiger partial charge in [0, 0.05) is 22.5 Å². The van der Waals surface area contributed by atoms with Crippen LogP contribution in [-0.2, 0) is 12.8 Å². The van der Waals surface area contributed by atoms with Crippen molar-refractivity contribution in [1.82, 2.24) is 4.98 Å². The summed E-state index contributed by atoms with van der Waals surface area (Å²) in [6.07, 6.45) is 7.85. The van der Waals surface area contributed by atoms with Gasteiger partial charge in [-0.25, -0.2) is 0 Å². The minimum Gasteiger partial charge on any atom is -0.496 e. The van der Waals surface area contributed by atoms with E-state index in [2.05, 4.69) is 4.98 Å². The van der Waals surface area contributed by atoms with Crippen molar-refractivity contribution in [3.05, 3.63) is 64.5 Å². The molecular weight excluding hydrogens is 286 g/mol. The Balaban J connectivity index is 1.87. The molecule has 0 saturated heterocycles. The first-order valence-corrected chi connectivity index (χ1v) is 8.04. The molecule has 0 atom stereocenters. The van der Waals surface area contributed by atoms with Gasteiger partial charge >= 0.3 is 0 Å². The quantitative estimate of drug-likeness (QED) is 0.628. The minimum atomic E-state index is -0.00530. The van der Waals surface area contributed by atoms with Crippen LogP contribution in [0.1, 0.15) is 45.7 Å². The van der Waals surface area contributed by atoms with E-state index in [9.17, 15) is 4.79 Å². The van der Waals surface area contributed by atoms with Crippen LogP contribution in [0, 0.1) is 6.92 Å². The number of carbonyl (C=O) groups excluding carboxylic acids is 1. The summed E-state index contributed by atoms with van der Waals surface area (Å²) >= 11 is 0. The lowest BCUT2D eigenvalue weighted by Gasteiger charge is -2.16. The summed E-state index contributed by atoms with van der Waals surface area (Å²) in [5, 5.41) is 0. The fourth-order valence-electron chi connectivity index (χ4n) is 3.05. The van der Waals surface area contributed by atoms with Gasteiger partial charge in [-0.1, -0.05) is 18.2 Å². The third-order valence-corrected chi connectivity index (χ3v) is 4.31. The molecule has 0 unspecified atom stereocenters. The number of aromatic nitrogens is 1. The lowest BCUT2D eigenvalue weighted by Crippen LogP contribution is -2.10. The summed E-state index contributed by atoms with van der Waals surface area (Å²) in [5.74, 6) is 0.756. The number of rotatable bonds is 4. The highest BCUT2D eigenvalue weighted by Crippen LogP contribution is 2.23. The maximum Gasteiger partial charge on any atom is 0.187 e. The number of methoxy groups -OCH3 is 1. The van der Waals surface area contributed by atoms with E-state index in [1.54, 1.807) is 19.3 Å². The van der Waals surface area contributed by atoms with Gasteiger partial charge in [0.2, 0.25) is 0 Å². The van der Waals surface area contributed by atoms with Gasteiger partial charge in [0.15, 0.2) is 5.78 Å². The van der Waals surface area contributed by atoms with Crippen molar-refractivity contribution in [2.75, 3.05) is 7.11 Å². The number of benzene rings is 1. The largest absolute Gasteiger partial charge is 0.496 e. The van der Waals surface area contributed by atoms with Crippen molar-refractivity contribution in [2.45, 2.75) is 32.6 Å². The van der Waals surface area contributed by atoms with E-state index in [0.29, 0.717) is 5.56 Å². The number of fused-ring (bicyclic) bond motifs is 1. The second kappa shape index (κ2) is 6.78. The van der Waals surface area contributed by atoms with E-state index in [4.69, 9.17) is 4.74 Å². The molecule has 23 heavy (non-hydrogen) atoms. The average Bonchev–Trinajstić information content (AvgIpc) is 2.59. The molecule has 0 amide bonds. The summed E-state index contributed by atoms with van der Waals surface area (Å²) in [4.78, 5) is 17.2. The molecule has 1 aromatic carbocycles. The van der Waals surface area contributed by atoms with Gasteiger partial charge in [0.05, 0.1) is 7.11 Å². The minimum absolute atomic E-state index is 0.00530. The van der Waals surface area contributed by atoms with Crippen LogP contribution in [0.2, 0.25) is 0 Å². The summed E-state index contributed by atoms with van der Waals surface area (Å²) < 4.78 is 5.31. The van der Waals surface area contributed by atoms with Crippen LogP contribution in [0.3, 0.4) is 0 Å². The molecule has 0 spiro atoms. The Morgan fingerprint density at radius 2 is 2.00 bits per heavy atom. The number of aryl methyl sites for hydroxylation is 3. The van der Waals surface area contributed by atoms with Crippen molar-refractivity contribution in [2.24, 2.45) is 0 Å². The van der Waals surface area contributed by atoms with E-state index in [1.165, 1.54) is 24.1 Å². The zero-order valence-electron chi connectivity index (χ0n) is 13.6. The van der Waals surface area contributed by atoms with Crippen LogP contribution in [0.25, 0.3) is 6.08 Å². The molecule has 3 rings (SSSR count). The SMILES string of the molecule is COc1ccccc1/C=C/C(=O)c1cc2c(nc1C)CCCC2. The average molecular weight is 307 g/mol. The number of ether oxygens (including phenoxy) is 1. The normalized spacial score (nSPS) is 13.8. The smallest absolute Gasteiger partial charge is 0.187 e. The maximum absolute atomic E-state index is 12.6. The zero-order chi connectivity index (χ0) is 16.2. The Bertz CT molecular complexity index is 762. The molecule has 3 heteroatoms. The van der Waals surface area contributed by atoms with Gasteiger partial charge in [-0.2, -0.15) is 0 Å². The summed E-state index contributed by atoms with van der Waals surface area (Å²) in [5.41, 5.74) is 4.82. The lowest BCUT2D eigenvalue weighted by molar-refractivity contribution is 0.104. The van der Waals surface area contributed by atoms with Crippen molar-refractivity contribution in [1.29, 1.82) is 0 Å². The second-order valence-corrected chi connectivity index (χ2v) is 5.87. The van der Waals surface area contributed by atoms with E-state index in [0.717, 1.165) is 29.8 Å². The Hall–Kier alpha value is -2.42. The highest BCUT2D eigenvalue weighted by molar-refractivity contribution is 6.07. The Kier molecular flexibility index (Phi) is 4.56. The molecule has 0 bridgehead atoms. The molecule has 0 fully saturated rings. The molecule has 2 aromatic rings. The summed E-state index contributed by atoms with van der Waals surface area (Å²) in [6, 6.07) is 9.69. The number of hydrogen-bond donors (Lipinski definition) is 0. The fourth-order valence-corrected chi connectivity index (χ4v) is 3.05. The highest BCUT2D eigenvalue weighted by Gasteiger charge is 2.16. The zero-order valence-corrected chi connectivity index (χ0v) is 13.6.